The topological polar surface area (TPSA) is 77.1 Å². The van der Waals surface area contributed by atoms with Gasteiger partial charge in [0.2, 0.25) is 0 Å². The number of carbonyl (C=O) groups excluding carboxylic acids is 1. The number of carbonyl (C=O) groups is 1. The Bertz CT molecular complexity index is 818. The monoisotopic (exact) mass is 337 g/mol. The van der Waals surface area contributed by atoms with Crippen molar-refractivity contribution < 1.29 is 14.1 Å². The van der Waals surface area contributed by atoms with Crippen LogP contribution in [0.5, 0.6) is 0 Å². The maximum Gasteiger partial charge on any atom is 0.498 e. The summed E-state index contributed by atoms with van der Waals surface area (Å²) in [6, 6.07) is 8.60. The fourth-order valence-electron chi connectivity index (χ4n) is 2.54. The van der Waals surface area contributed by atoms with Crippen LogP contribution in [-0.4, -0.2) is 33.9 Å². The summed E-state index contributed by atoms with van der Waals surface area (Å²) in [4.78, 5) is 12.3. The highest BCUT2D eigenvalue weighted by atomic mass is 16.7. The Balaban J connectivity index is 1.70. The van der Waals surface area contributed by atoms with Gasteiger partial charge in [0.1, 0.15) is 6.54 Å². The van der Waals surface area contributed by atoms with Crippen LogP contribution in [0.3, 0.4) is 0 Å². The number of nitriles is 1. The van der Waals surface area contributed by atoms with Gasteiger partial charge in [-0.2, -0.15) is 10.4 Å². The first-order valence-corrected chi connectivity index (χ1v) is 8.13. The number of rotatable bonds is 4. The van der Waals surface area contributed by atoms with Gasteiger partial charge in [-0.1, -0.05) is 12.1 Å². The van der Waals surface area contributed by atoms with Crippen LogP contribution in [0.4, 0.5) is 0 Å². The smallest absolute Gasteiger partial charge is 0.399 e. The lowest BCUT2D eigenvalue weighted by Gasteiger charge is -2.32. The van der Waals surface area contributed by atoms with Crippen molar-refractivity contribution >= 4 is 18.4 Å². The number of benzene rings is 1. The van der Waals surface area contributed by atoms with Gasteiger partial charge >= 0.3 is 7.12 Å². The van der Waals surface area contributed by atoms with Crippen LogP contribution >= 0.6 is 0 Å². The molecule has 0 aliphatic carbocycles. The standard InChI is InChI=1S/C18H20BN3O3/c1-17(2)18(3,4)25-19(24-17)15-10-21-22(11-15)12-16(23)14-7-5-13(9-20)6-8-14/h5-8,10-11H,12H2,1-4H3. The van der Waals surface area contributed by atoms with Crippen LogP contribution in [-0.2, 0) is 15.9 Å². The van der Waals surface area contributed by atoms with E-state index in [0.717, 1.165) is 5.46 Å². The van der Waals surface area contributed by atoms with E-state index in [9.17, 15) is 4.79 Å². The van der Waals surface area contributed by atoms with E-state index >= 15 is 0 Å². The van der Waals surface area contributed by atoms with Crippen molar-refractivity contribution in [2.24, 2.45) is 0 Å². The molecule has 0 spiro atoms. The van der Waals surface area contributed by atoms with Crippen molar-refractivity contribution in [3.8, 4) is 6.07 Å². The molecule has 7 heteroatoms. The summed E-state index contributed by atoms with van der Waals surface area (Å²) >= 11 is 0. The highest BCUT2D eigenvalue weighted by molar-refractivity contribution is 6.62. The first-order valence-electron chi connectivity index (χ1n) is 8.13. The van der Waals surface area contributed by atoms with E-state index in [0.29, 0.717) is 11.1 Å². The fourth-order valence-corrected chi connectivity index (χ4v) is 2.54. The van der Waals surface area contributed by atoms with Crippen LogP contribution < -0.4 is 5.46 Å². The third-order valence-corrected chi connectivity index (χ3v) is 4.82. The summed E-state index contributed by atoms with van der Waals surface area (Å²) in [5.41, 5.74) is 1.02. The molecule has 0 unspecified atom stereocenters. The molecule has 6 nitrogen and oxygen atoms in total. The van der Waals surface area contributed by atoms with E-state index < -0.39 is 18.3 Å². The Morgan fingerprint density at radius 3 is 2.36 bits per heavy atom. The second-order valence-electron chi connectivity index (χ2n) is 7.17. The second-order valence-corrected chi connectivity index (χ2v) is 7.17. The summed E-state index contributed by atoms with van der Waals surface area (Å²) in [6.07, 6.45) is 3.43. The molecule has 1 aliphatic rings. The fraction of sp³-hybridized carbons (Fsp3) is 0.389. The molecule has 0 saturated carbocycles. The van der Waals surface area contributed by atoms with Gasteiger partial charge < -0.3 is 9.31 Å². The first kappa shape index (κ1) is 17.4. The van der Waals surface area contributed by atoms with Crippen molar-refractivity contribution in [1.29, 1.82) is 5.26 Å². The van der Waals surface area contributed by atoms with Crippen LogP contribution in [0, 0.1) is 11.3 Å². The van der Waals surface area contributed by atoms with E-state index in [1.165, 1.54) is 0 Å². The van der Waals surface area contributed by atoms with Crippen molar-refractivity contribution in [3.63, 3.8) is 0 Å². The van der Waals surface area contributed by atoms with Gasteiger partial charge in [-0.25, -0.2) is 0 Å². The quantitative estimate of drug-likeness (QED) is 0.629. The molecule has 3 rings (SSSR count). The Morgan fingerprint density at radius 2 is 1.80 bits per heavy atom. The summed E-state index contributed by atoms with van der Waals surface area (Å²) in [5.74, 6) is -0.0759. The predicted octanol–water partition coefficient (Wildman–Crippen LogP) is 1.94. The highest BCUT2D eigenvalue weighted by Crippen LogP contribution is 2.36. The van der Waals surface area contributed by atoms with Crippen LogP contribution in [0.15, 0.2) is 36.7 Å². The van der Waals surface area contributed by atoms with Crippen molar-refractivity contribution in [2.45, 2.75) is 45.4 Å². The third kappa shape index (κ3) is 3.36. The van der Waals surface area contributed by atoms with Crippen LogP contribution in [0.1, 0.15) is 43.6 Å². The predicted molar refractivity (Wildman–Crippen MR) is 93.4 cm³/mol. The van der Waals surface area contributed by atoms with Crippen molar-refractivity contribution in [3.05, 3.63) is 47.8 Å². The van der Waals surface area contributed by atoms with E-state index in [1.54, 1.807) is 41.3 Å². The number of Topliss-reactive ketones (excluding diaryl/α,β-unsaturated/α-hetero) is 1. The summed E-state index contributed by atoms with van der Waals surface area (Å²) in [5, 5.41) is 13.0. The van der Waals surface area contributed by atoms with Crippen molar-refractivity contribution in [1.82, 2.24) is 9.78 Å². The number of aromatic nitrogens is 2. The van der Waals surface area contributed by atoms with E-state index in [4.69, 9.17) is 14.6 Å². The molecule has 0 amide bonds. The Labute approximate surface area is 147 Å². The molecule has 0 bridgehead atoms. The first-order chi connectivity index (χ1) is 11.7. The van der Waals surface area contributed by atoms with Gasteiger partial charge in [0.05, 0.1) is 22.8 Å². The van der Waals surface area contributed by atoms with E-state index in [-0.39, 0.29) is 12.3 Å². The minimum atomic E-state index is -0.497. The lowest BCUT2D eigenvalue weighted by Crippen LogP contribution is -2.41. The Morgan fingerprint density at radius 1 is 1.20 bits per heavy atom. The summed E-state index contributed by atoms with van der Waals surface area (Å²) in [6.45, 7) is 8.08. The van der Waals surface area contributed by atoms with Gasteiger partial charge in [-0.05, 0) is 39.8 Å². The Hall–Kier alpha value is -2.43. The van der Waals surface area contributed by atoms with Gasteiger partial charge in [-0.3, -0.25) is 9.48 Å². The van der Waals surface area contributed by atoms with Crippen molar-refractivity contribution in [2.75, 3.05) is 0 Å². The SMILES string of the molecule is CC1(C)OB(c2cnn(CC(=O)c3ccc(C#N)cc3)c2)OC1(C)C. The van der Waals surface area contributed by atoms with Crippen LogP contribution in [0.2, 0.25) is 0 Å². The summed E-state index contributed by atoms with van der Waals surface area (Å²) < 4.78 is 13.5. The molecule has 1 saturated heterocycles. The van der Waals surface area contributed by atoms with Gasteiger partial charge in [0.15, 0.2) is 5.78 Å². The highest BCUT2D eigenvalue weighted by Gasteiger charge is 2.52. The zero-order valence-corrected chi connectivity index (χ0v) is 14.8. The molecule has 1 aromatic carbocycles. The largest absolute Gasteiger partial charge is 0.498 e. The number of hydrogen-bond acceptors (Lipinski definition) is 5. The average molecular weight is 337 g/mol. The zero-order chi connectivity index (χ0) is 18.2. The van der Waals surface area contributed by atoms with Gasteiger partial charge in [-0.15, -0.1) is 0 Å². The molecule has 0 radical (unpaired) electrons. The van der Waals surface area contributed by atoms with Crippen LogP contribution in [0.25, 0.3) is 0 Å². The lowest BCUT2D eigenvalue weighted by molar-refractivity contribution is 0.00578. The molecule has 1 fully saturated rings. The molecule has 25 heavy (non-hydrogen) atoms. The molecule has 128 valence electrons. The normalized spacial score (nSPS) is 18.1. The number of nitrogens with zero attached hydrogens (tertiary/aromatic N) is 3. The molecule has 0 N–H and O–H groups in total. The zero-order valence-electron chi connectivity index (χ0n) is 14.8. The van der Waals surface area contributed by atoms with Gasteiger partial charge in [0, 0.05) is 23.4 Å². The second kappa shape index (κ2) is 6.14. The minimum absolute atomic E-state index is 0.0759. The maximum atomic E-state index is 12.3. The number of hydrogen-bond donors (Lipinski definition) is 0. The van der Waals surface area contributed by atoms with E-state index in [1.807, 2.05) is 33.8 Å². The van der Waals surface area contributed by atoms with E-state index in [2.05, 4.69) is 5.10 Å². The summed E-state index contributed by atoms with van der Waals surface area (Å²) in [7, 11) is -0.497. The molecular formula is C18H20BN3O3. The maximum absolute atomic E-state index is 12.3. The van der Waals surface area contributed by atoms with Gasteiger partial charge in [0.25, 0.3) is 0 Å². The molecule has 2 aromatic rings. The third-order valence-electron chi connectivity index (χ3n) is 4.82. The molecule has 1 aliphatic heterocycles. The molecular weight excluding hydrogens is 317 g/mol. The molecule has 2 heterocycles. The minimum Gasteiger partial charge on any atom is -0.399 e. The molecule has 0 atom stereocenters. The lowest BCUT2D eigenvalue weighted by atomic mass is 9.82. The average Bonchev–Trinajstić information content (AvgIpc) is 3.10. The molecule has 1 aromatic heterocycles. The Kier molecular flexibility index (Phi) is 4.27. The number of ketones is 1.